The molecule has 2 aromatic rings. The number of rotatable bonds is 4. The first-order valence-corrected chi connectivity index (χ1v) is 8.04. The summed E-state index contributed by atoms with van der Waals surface area (Å²) in [6.45, 7) is 0.766. The zero-order valence-corrected chi connectivity index (χ0v) is 13.3. The van der Waals surface area contributed by atoms with Gasteiger partial charge in [0.2, 0.25) is 0 Å². The first-order chi connectivity index (χ1) is 12.0. The molecule has 4 rings (SSSR count). The van der Waals surface area contributed by atoms with Gasteiger partial charge in [-0.05, 0) is 31.2 Å². The number of phenols is 1. The van der Waals surface area contributed by atoms with Gasteiger partial charge in [-0.25, -0.2) is 19.2 Å². The number of halogens is 1. The van der Waals surface area contributed by atoms with Crippen molar-refractivity contribution in [3.63, 3.8) is 0 Å². The van der Waals surface area contributed by atoms with Crippen LogP contribution in [-0.2, 0) is 6.42 Å². The molecule has 2 N–H and O–H groups in total. The third kappa shape index (κ3) is 2.84. The zero-order chi connectivity index (χ0) is 17.6. The van der Waals surface area contributed by atoms with Gasteiger partial charge in [0, 0.05) is 23.7 Å². The average molecular weight is 345 g/mol. The Hall–Kier alpha value is -2.90. The molecule has 1 saturated carbocycles. The van der Waals surface area contributed by atoms with Crippen LogP contribution in [0, 0.1) is 11.7 Å². The minimum absolute atomic E-state index is 0.273. The van der Waals surface area contributed by atoms with E-state index < -0.39 is 17.7 Å². The molecule has 1 aliphatic heterocycles. The Morgan fingerprint density at radius 2 is 2.16 bits per heavy atom. The van der Waals surface area contributed by atoms with Gasteiger partial charge in [-0.1, -0.05) is 0 Å². The quantitative estimate of drug-likeness (QED) is 0.885. The van der Waals surface area contributed by atoms with Crippen LogP contribution in [0.25, 0.3) is 11.3 Å². The SMILES string of the molecule is O=C(O)N1CCc2c(-c3cc(F)c(O)cc3OCC3CC3)ncnc21. The fraction of sp³-hybridized carbons (Fsp3) is 0.353. The van der Waals surface area contributed by atoms with E-state index in [0.717, 1.165) is 17.7 Å². The van der Waals surface area contributed by atoms with E-state index in [-0.39, 0.29) is 6.54 Å². The van der Waals surface area contributed by atoms with E-state index >= 15 is 0 Å². The molecule has 0 unspecified atom stereocenters. The van der Waals surface area contributed by atoms with Crippen LogP contribution in [-0.4, -0.2) is 39.4 Å². The summed E-state index contributed by atoms with van der Waals surface area (Å²) < 4.78 is 19.7. The number of ether oxygens (including phenoxy) is 1. The molecule has 1 aliphatic carbocycles. The van der Waals surface area contributed by atoms with E-state index in [2.05, 4.69) is 9.97 Å². The van der Waals surface area contributed by atoms with Crippen LogP contribution in [0.5, 0.6) is 11.5 Å². The lowest BCUT2D eigenvalue weighted by Gasteiger charge is -2.15. The number of amides is 1. The van der Waals surface area contributed by atoms with Gasteiger partial charge in [-0.15, -0.1) is 0 Å². The molecule has 25 heavy (non-hydrogen) atoms. The number of carboxylic acid groups (broad SMARTS) is 1. The molecule has 2 heterocycles. The van der Waals surface area contributed by atoms with Crippen molar-refractivity contribution in [1.82, 2.24) is 9.97 Å². The van der Waals surface area contributed by atoms with Crippen molar-refractivity contribution in [3.8, 4) is 22.8 Å². The van der Waals surface area contributed by atoms with Gasteiger partial charge in [-0.2, -0.15) is 0 Å². The minimum Gasteiger partial charge on any atom is -0.505 e. The second-order valence-corrected chi connectivity index (χ2v) is 6.26. The Morgan fingerprint density at radius 1 is 1.36 bits per heavy atom. The van der Waals surface area contributed by atoms with Crippen molar-refractivity contribution in [1.29, 1.82) is 0 Å². The van der Waals surface area contributed by atoms with Crippen LogP contribution < -0.4 is 9.64 Å². The number of carbonyl (C=O) groups is 1. The highest BCUT2D eigenvalue weighted by Crippen LogP contribution is 2.40. The summed E-state index contributed by atoms with van der Waals surface area (Å²) in [6, 6.07) is 2.41. The molecule has 0 saturated heterocycles. The fourth-order valence-corrected chi connectivity index (χ4v) is 2.95. The second-order valence-electron chi connectivity index (χ2n) is 6.26. The molecule has 130 valence electrons. The normalized spacial score (nSPS) is 16.0. The number of phenolic OH excluding ortho intramolecular Hbond substituents is 1. The first kappa shape index (κ1) is 15.6. The summed E-state index contributed by atoms with van der Waals surface area (Å²) in [5, 5.41) is 18.9. The van der Waals surface area contributed by atoms with Crippen molar-refractivity contribution in [3.05, 3.63) is 29.8 Å². The Morgan fingerprint density at radius 3 is 2.88 bits per heavy atom. The Kier molecular flexibility index (Phi) is 3.67. The monoisotopic (exact) mass is 345 g/mol. The second kappa shape index (κ2) is 5.87. The third-order valence-electron chi connectivity index (χ3n) is 4.47. The van der Waals surface area contributed by atoms with Gasteiger partial charge in [0.05, 0.1) is 12.3 Å². The Bertz CT molecular complexity index is 854. The number of fused-ring (bicyclic) bond motifs is 1. The molecule has 0 spiro atoms. The molecule has 1 amide bonds. The molecule has 1 aromatic carbocycles. The smallest absolute Gasteiger partial charge is 0.413 e. The summed E-state index contributed by atoms with van der Waals surface area (Å²) in [5.41, 5.74) is 1.45. The number of nitrogens with zero attached hydrogens (tertiary/aromatic N) is 3. The molecular weight excluding hydrogens is 329 g/mol. The molecular formula is C17H16FN3O4. The topological polar surface area (TPSA) is 95.8 Å². The van der Waals surface area contributed by atoms with Crippen LogP contribution in [0.15, 0.2) is 18.5 Å². The minimum atomic E-state index is -1.09. The number of aromatic nitrogens is 2. The van der Waals surface area contributed by atoms with Crippen molar-refractivity contribution in [2.75, 3.05) is 18.1 Å². The maximum absolute atomic E-state index is 14.0. The largest absolute Gasteiger partial charge is 0.505 e. The standard InChI is InChI=1S/C17H16FN3O4/c18-12-5-11(14(6-13(12)22)25-7-9-1-2-9)15-10-3-4-21(17(23)24)16(10)20-8-19-15/h5-6,8-9,22H,1-4,7H2,(H,23,24). The molecule has 7 nitrogen and oxygen atoms in total. The van der Waals surface area contributed by atoms with E-state index in [0.29, 0.717) is 47.3 Å². The van der Waals surface area contributed by atoms with Crippen LogP contribution in [0.3, 0.4) is 0 Å². The molecule has 1 fully saturated rings. The van der Waals surface area contributed by atoms with E-state index in [1.165, 1.54) is 18.5 Å². The summed E-state index contributed by atoms with van der Waals surface area (Å²) in [4.78, 5) is 20.7. The van der Waals surface area contributed by atoms with Crippen molar-refractivity contribution >= 4 is 11.9 Å². The maximum atomic E-state index is 14.0. The summed E-state index contributed by atoms with van der Waals surface area (Å²) in [5.74, 6) is -0.153. The number of benzene rings is 1. The lowest BCUT2D eigenvalue weighted by atomic mass is 10.0. The van der Waals surface area contributed by atoms with E-state index in [9.17, 15) is 19.4 Å². The predicted octanol–water partition coefficient (Wildman–Crippen LogP) is 2.82. The highest BCUT2D eigenvalue weighted by atomic mass is 19.1. The number of hydrogen-bond acceptors (Lipinski definition) is 5. The van der Waals surface area contributed by atoms with Gasteiger partial charge in [0.1, 0.15) is 17.9 Å². The van der Waals surface area contributed by atoms with Crippen LogP contribution in [0.1, 0.15) is 18.4 Å². The first-order valence-electron chi connectivity index (χ1n) is 8.04. The van der Waals surface area contributed by atoms with Gasteiger partial charge in [0.25, 0.3) is 0 Å². The summed E-state index contributed by atoms with van der Waals surface area (Å²) in [6.07, 6.45) is 2.79. The summed E-state index contributed by atoms with van der Waals surface area (Å²) >= 11 is 0. The number of aromatic hydroxyl groups is 1. The van der Waals surface area contributed by atoms with Crippen molar-refractivity contribution < 1.29 is 24.1 Å². The van der Waals surface area contributed by atoms with Gasteiger partial charge < -0.3 is 14.9 Å². The number of anilines is 1. The summed E-state index contributed by atoms with van der Waals surface area (Å²) in [7, 11) is 0. The lowest BCUT2D eigenvalue weighted by Crippen LogP contribution is -2.27. The predicted molar refractivity (Wildman–Crippen MR) is 86.4 cm³/mol. The van der Waals surface area contributed by atoms with Gasteiger partial charge in [-0.3, -0.25) is 4.90 Å². The molecule has 8 heteroatoms. The van der Waals surface area contributed by atoms with Crippen LogP contribution in [0.2, 0.25) is 0 Å². The third-order valence-corrected chi connectivity index (χ3v) is 4.47. The Balaban J connectivity index is 1.79. The number of hydrogen-bond donors (Lipinski definition) is 2. The maximum Gasteiger partial charge on any atom is 0.413 e. The van der Waals surface area contributed by atoms with Gasteiger partial charge >= 0.3 is 6.09 Å². The molecule has 0 bridgehead atoms. The van der Waals surface area contributed by atoms with Crippen molar-refractivity contribution in [2.24, 2.45) is 5.92 Å². The average Bonchev–Trinajstić information content (AvgIpc) is 3.31. The molecule has 0 atom stereocenters. The molecule has 0 radical (unpaired) electrons. The van der Waals surface area contributed by atoms with Crippen molar-refractivity contribution in [2.45, 2.75) is 19.3 Å². The van der Waals surface area contributed by atoms with Crippen LogP contribution in [0.4, 0.5) is 15.0 Å². The van der Waals surface area contributed by atoms with E-state index in [1.807, 2.05) is 0 Å². The van der Waals surface area contributed by atoms with Crippen LogP contribution >= 0.6 is 0 Å². The highest BCUT2D eigenvalue weighted by molar-refractivity contribution is 5.89. The van der Waals surface area contributed by atoms with E-state index in [1.54, 1.807) is 0 Å². The fourth-order valence-electron chi connectivity index (χ4n) is 2.95. The van der Waals surface area contributed by atoms with Gasteiger partial charge in [0.15, 0.2) is 11.6 Å². The highest BCUT2D eigenvalue weighted by Gasteiger charge is 2.30. The lowest BCUT2D eigenvalue weighted by molar-refractivity contribution is 0.202. The molecule has 1 aromatic heterocycles. The zero-order valence-electron chi connectivity index (χ0n) is 13.3. The van der Waals surface area contributed by atoms with E-state index in [4.69, 9.17) is 4.74 Å². The molecule has 2 aliphatic rings. The Labute approximate surface area is 142 Å².